The lowest BCUT2D eigenvalue weighted by Gasteiger charge is -2.29. The van der Waals surface area contributed by atoms with Crippen LogP contribution in [-0.4, -0.2) is 70.9 Å². The van der Waals surface area contributed by atoms with Gasteiger partial charge in [0.2, 0.25) is 0 Å². The van der Waals surface area contributed by atoms with Crippen LogP contribution >= 0.6 is 55.1 Å². The maximum absolute atomic E-state index is 6.34. The van der Waals surface area contributed by atoms with E-state index in [-0.39, 0.29) is 0 Å². The van der Waals surface area contributed by atoms with Gasteiger partial charge < -0.3 is 30.3 Å². The third-order valence-electron chi connectivity index (χ3n) is 10.8. The molecule has 0 amide bonds. The Morgan fingerprint density at radius 1 is 0.610 bits per heavy atom. The number of benzene rings is 4. The number of likely N-dealkylation sites (tertiary alicyclic amines) is 1. The van der Waals surface area contributed by atoms with Gasteiger partial charge >= 0.3 is 0 Å². The number of hydrogen-bond acceptors (Lipinski definition) is 8. The molecule has 2 aliphatic heterocycles. The fourth-order valence-corrected chi connectivity index (χ4v) is 8.73. The molecular weight excluding hydrogens is 915 g/mol. The van der Waals surface area contributed by atoms with Gasteiger partial charge in [0.1, 0.15) is 11.5 Å². The summed E-state index contributed by atoms with van der Waals surface area (Å²) in [4.78, 5) is 2.38. The van der Waals surface area contributed by atoms with E-state index >= 15 is 0 Å². The first-order valence-electron chi connectivity index (χ1n) is 19.9. The van der Waals surface area contributed by atoms with Gasteiger partial charge in [-0.1, -0.05) is 23.2 Å². The summed E-state index contributed by atoms with van der Waals surface area (Å²) in [6, 6.07) is 27.7. The molecule has 4 heterocycles. The van der Waals surface area contributed by atoms with Gasteiger partial charge in [-0.05, 0) is 188 Å². The first-order chi connectivity index (χ1) is 28.6. The second-order valence-corrected chi connectivity index (χ2v) is 17.8. The van der Waals surface area contributed by atoms with Gasteiger partial charge in [0, 0.05) is 58.0 Å². The molecule has 2 saturated heterocycles. The zero-order chi connectivity index (χ0) is 41.3. The molecule has 0 aliphatic carbocycles. The van der Waals surface area contributed by atoms with Crippen molar-refractivity contribution in [3.05, 3.63) is 116 Å². The van der Waals surface area contributed by atoms with Gasteiger partial charge in [0.05, 0.1) is 45.9 Å². The summed E-state index contributed by atoms with van der Waals surface area (Å²) >= 11 is 19.3. The molecule has 14 heteroatoms. The lowest BCUT2D eigenvalue weighted by molar-refractivity contribution is 0.160. The van der Waals surface area contributed by atoms with Crippen LogP contribution in [0.15, 0.2) is 106 Å². The largest absolute Gasteiger partial charge is 0.493 e. The van der Waals surface area contributed by atoms with Crippen molar-refractivity contribution in [2.45, 2.75) is 25.7 Å². The summed E-state index contributed by atoms with van der Waals surface area (Å²) in [5.41, 5.74) is 7.91. The number of ether oxygens (including phenoxy) is 2. The fraction of sp³-hybridized carbons (Fsp3) is 0.333. The molecule has 2 fully saturated rings. The molecule has 0 bridgehead atoms. The lowest BCUT2D eigenvalue weighted by atomic mass is 9.98. The van der Waals surface area contributed by atoms with E-state index in [1.807, 2.05) is 109 Å². The molecule has 0 saturated carbocycles. The topological polar surface area (TPSA) is 93.4 Å². The van der Waals surface area contributed by atoms with E-state index in [0.29, 0.717) is 11.8 Å². The number of hydrogen-bond donors (Lipinski definition) is 3. The quantitative estimate of drug-likeness (QED) is 0.112. The maximum Gasteiger partial charge on any atom is 0.128 e. The average molecular weight is 966 g/mol. The van der Waals surface area contributed by atoms with Crippen molar-refractivity contribution < 1.29 is 9.47 Å². The molecule has 8 rings (SSSR count). The van der Waals surface area contributed by atoms with Crippen LogP contribution in [0.2, 0.25) is 10.0 Å². The lowest BCUT2D eigenvalue weighted by Crippen LogP contribution is -2.32. The zero-order valence-corrected chi connectivity index (χ0v) is 38.2. The third-order valence-corrected chi connectivity index (χ3v) is 12.4. The third kappa shape index (κ3) is 11.6. The highest BCUT2D eigenvalue weighted by Gasteiger charge is 2.21. The summed E-state index contributed by atoms with van der Waals surface area (Å²) in [6.07, 6.45) is 8.29. The van der Waals surface area contributed by atoms with Crippen molar-refractivity contribution in [1.82, 2.24) is 29.8 Å². The summed E-state index contributed by atoms with van der Waals surface area (Å²) in [7, 11) is 6.07. The molecule has 2 aromatic heterocycles. The highest BCUT2D eigenvalue weighted by Crippen LogP contribution is 2.39. The fourth-order valence-electron chi connectivity index (χ4n) is 7.36. The Balaban J connectivity index is 0.000000179. The summed E-state index contributed by atoms with van der Waals surface area (Å²) < 4.78 is 18.3. The van der Waals surface area contributed by atoms with Crippen molar-refractivity contribution in [1.29, 1.82) is 0 Å². The molecular formula is C45H50Br2Cl2N8O2. The smallest absolute Gasteiger partial charge is 0.128 e. The number of aromatic nitrogens is 4. The number of anilines is 4. The van der Waals surface area contributed by atoms with E-state index in [1.165, 1.54) is 12.8 Å². The SMILES string of the molecule is CN1CCC(COc2ccc(Nc3ccc(Cl)cc3)cc2-c2c(Br)cnn2C)CC1.Cn1ncc(Br)c1-c1cc(Nc2ccc(Cl)cc2)ccc1OCC1CCNCC1. The van der Waals surface area contributed by atoms with Crippen LogP contribution in [0.5, 0.6) is 11.5 Å². The summed E-state index contributed by atoms with van der Waals surface area (Å²) in [5, 5.41) is 20.5. The minimum Gasteiger partial charge on any atom is -0.493 e. The second kappa shape index (κ2) is 20.5. The maximum atomic E-state index is 6.34. The van der Waals surface area contributed by atoms with Crippen LogP contribution in [0.3, 0.4) is 0 Å². The van der Waals surface area contributed by atoms with Crippen LogP contribution in [0.4, 0.5) is 22.7 Å². The number of nitrogens with one attached hydrogen (secondary N) is 3. The molecule has 0 spiro atoms. The molecule has 2 aliphatic rings. The van der Waals surface area contributed by atoms with E-state index in [9.17, 15) is 0 Å². The van der Waals surface area contributed by atoms with Crippen molar-refractivity contribution in [2.75, 3.05) is 57.1 Å². The standard InChI is InChI=1S/C23H26BrClN4O.C22H24BrClN4O/c1-28-11-9-16(10-12-28)15-30-22-8-7-19(27-18-5-3-17(25)4-6-18)13-20(22)23-21(24)14-26-29(23)2;1-28-22(20(23)13-26-28)19-12-18(27-17-4-2-16(24)3-5-17)6-7-21(19)29-14-15-8-10-25-11-9-15/h3-8,13-14,16,27H,9-12,15H2,1-2H3;2-7,12-13,15,25,27H,8-11,14H2,1H3. The molecule has 0 unspecified atom stereocenters. The van der Waals surface area contributed by atoms with Gasteiger partial charge in [-0.2, -0.15) is 10.2 Å². The van der Waals surface area contributed by atoms with Crippen molar-refractivity contribution in [3.8, 4) is 34.0 Å². The Morgan fingerprint density at radius 3 is 1.42 bits per heavy atom. The molecule has 0 radical (unpaired) electrons. The Kier molecular flexibility index (Phi) is 14.9. The van der Waals surface area contributed by atoms with Gasteiger partial charge in [-0.25, -0.2) is 0 Å². The highest BCUT2D eigenvalue weighted by atomic mass is 79.9. The number of rotatable bonds is 12. The van der Waals surface area contributed by atoms with E-state index in [4.69, 9.17) is 32.7 Å². The molecule has 4 aromatic carbocycles. The van der Waals surface area contributed by atoms with Gasteiger partial charge in [-0.15, -0.1) is 0 Å². The highest BCUT2D eigenvalue weighted by molar-refractivity contribution is 9.11. The van der Waals surface area contributed by atoms with E-state index in [1.54, 1.807) is 0 Å². The predicted molar refractivity (Wildman–Crippen MR) is 249 cm³/mol. The average Bonchev–Trinajstić information content (AvgIpc) is 3.77. The van der Waals surface area contributed by atoms with Crippen LogP contribution in [0.25, 0.3) is 22.5 Å². The van der Waals surface area contributed by atoms with Crippen LogP contribution < -0.4 is 25.4 Å². The second-order valence-electron chi connectivity index (χ2n) is 15.2. The minimum absolute atomic E-state index is 0.589. The molecule has 6 aromatic rings. The first kappa shape index (κ1) is 43.1. The normalized spacial score (nSPS) is 15.0. The van der Waals surface area contributed by atoms with E-state index in [0.717, 1.165) is 128 Å². The molecule has 3 N–H and O–H groups in total. The summed E-state index contributed by atoms with van der Waals surface area (Å²) in [5.74, 6) is 2.93. The zero-order valence-electron chi connectivity index (χ0n) is 33.5. The van der Waals surface area contributed by atoms with E-state index in [2.05, 4.69) is 82.1 Å². The first-order valence-corrected chi connectivity index (χ1v) is 22.3. The Morgan fingerprint density at radius 2 is 1.02 bits per heavy atom. The van der Waals surface area contributed by atoms with Crippen molar-refractivity contribution in [3.63, 3.8) is 0 Å². The van der Waals surface area contributed by atoms with Gasteiger partial charge in [0.25, 0.3) is 0 Å². The van der Waals surface area contributed by atoms with Crippen LogP contribution in [0, 0.1) is 11.8 Å². The van der Waals surface area contributed by atoms with Crippen molar-refractivity contribution in [2.24, 2.45) is 25.9 Å². The minimum atomic E-state index is 0.589. The Labute approximate surface area is 373 Å². The Hall–Kier alpha value is -4.04. The molecule has 10 nitrogen and oxygen atoms in total. The molecule has 59 heavy (non-hydrogen) atoms. The number of piperidine rings is 2. The number of nitrogens with zero attached hydrogens (tertiary/aromatic N) is 5. The summed E-state index contributed by atoms with van der Waals surface area (Å²) in [6.45, 7) is 5.88. The number of halogens is 4. The monoisotopic (exact) mass is 962 g/mol. The van der Waals surface area contributed by atoms with Crippen molar-refractivity contribution >= 4 is 77.8 Å². The van der Waals surface area contributed by atoms with Gasteiger partial charge in [-0.3, -0.25) is 9.36 Å². The predicted octanol–water partition coefficient (Wildman–Crippen LogP) is 11.6. The molecule has 0 atom stereocenters. The van der Waals surface area contributed by atoms with Crippen LogP contribution in [-0.2, 0) is 14.1 Å². The van der Waals surface area contributed by atoms with Crippen LogP contribution in [0.1, 0.15) is 25.7 Å². The van der Waals surface area contributed by atoms with E-state index < -0.39 is 0 Å². The van der Waals surface area contributed by atoms with Gasteiger partial charge in [0.15, 0.2) is 0 Å². The Bertz CT molecular complexity index is 2250. The number of aryl methyl sites for hydroxylation is 2. The molecule has 310 valence electrons.